The first-order chi connectivity index (χ1) is 20.5. The van der Waals surface area contributed by atoms with Crippen molar-refractivity contribution >= 4 is 18.0 Å². The molecule has 1 atom stereocenters. The average molecular weight is 569 g/mol. The lowest BCUT2D eigenvalue weighted by Gasteiger charge is -2.18. The predicted molar refractivity (Wildman–Crippen MR) is 156 cm³/mol. The summed E-state index contributed by atoms with van der Waals surface area (Å²) < 4.78 is 17.2. The van der Waals surface area contributed by atoms with Gasteiger partial charge in [-0.15, -0.1) is 0 Å². The zero-order valence-electron chi connectivity index (χ0n) is 22.9. The van der Waals surface area contributed by atoms with Crippen LogP contribution in [0.5, 0.6) is 11.5 Å². The number of alkyl carbamates (subject to hydrolysis) is 1. The van der Waals surface area contributed by atoms with E-state index >= 15 is 0 Å². The van der Waals surface area contributed by atoms with Gasteiger partial charge in [0, 0.05) is 6.42 Å². The molecule has 0 aliphatic heterocycles. The second kappa shape index (κ2) is 15.5. The Morgan fingerprint density at radius 3 is 1.71 bits per heavy atom. The molecule has 42 heavy (non-hydrogen) atoms. The van der Waals surface area contributed by atoms with E-state index in [4.69, 9.17) is 14.2 Å². The van der Waals surface area contributed by atoms with Crippen molar-refractivity contribution in [2.75, 3.05) is 6.54 Å². The Bertz CT molecular complexity index is 1450. The fourth-order valence-electron chi connectivity index (χ4n) is 3.99. The van der Waals surface area contributed by atoms with Gasteiger partial charge in [-0.1, -0.05) is 97.1 Å². The fourth-order valence-corrected chi connectivity index (χ4v) is 3.99. The number of ether oxygens (including phenoxy) is 3. The Morgan fingerprint density at radius 1 is 0.643 bits per heavy atom. The van der Waals surface area contributed by atoms with Gasteiger partial charge in [0.2, 0.25) is 5.91 Å². The van der Waals surface area contributed by atoms with Crippen molar-refractivity contribution in [3.05, 3.63) is 131 Å². The van der Waals surface area contributed by atoms with E-state index in [0.29, 0.717) is 23.7 Å². The highest BCUT2D eigenvalue weighted by Crippen LogP contribution is 2.30. The minimum atomic E-state index is -1.24. The van der Waals surface area contributed by atoms with E-state index < -0.39 is 30.6 Å². The second-order valence-electron chi connectivity index (χ2n) is 9.41. The topological polar surface area (TPSA) is 123 Å². The number of carbonyl (C=O) groups excluding carboxylic acids is 2. The van der Waals surface area contributed by atoms with Crippen LogP contribution in [0.1, 0.15) is 22.3 Å². The molecule has 9 nitrogen and oxygen atoms in total. The molecule has 0 bridgehead atoms. The van der Waals surface area contributed by atoms with Crippen LogP contribution in [0.15, 0.2) is 109 Å². The number of hydrogen-bond acceptors (Lipinski definition) is 6. The molecule has 0 spiro atoms. The molecule has 4 aromatic rings. The summed E-state index contributed by atoms with van der Waals surface area (Å²) >= 11 is 0. The smallest absolute Gasteiger partial charge is 0.407 e. The van der Waals surface area contributed by atoms with Gasteiger partial charge in [0.1, 0.15) is 32.4 Å². The molecule has 0 fully saturated rings. The Kier molecular flexibility index (Phi) is 10.9. The van der Waals surface area contributed by atoms with Crippen LogP contribution < -0.4 is 20.1 Å². The third-order valence-corrected chi connectivity index (χ3v) is 6.16. The van der Waals surface area contributed by atoms with E-state index in [1.165, 1.54) is 0 Å². The van der Waals surface area contributed by atoms with Crippen LogP contribution in [0.25, 0.3) is 0 Å². The third kappa shape index (κ3) is 9.71. The first kappa shape index (κ1) is 29.7. The number of carboxylic acids is 1. The van der Waals surface area contributed by atoms with Gasteiger partial charge in [-0.25, -0.2) is 9.59 Å². The number of hydrogen-bond donors (Lipinski definition) is 3. The molecule has 0 saturated heterocycles. The molecule has 4 rings (SSSR count). The molecule has 0 heterocycles. The number of carboxylic acid groups (broad SMARTS) is 1. The van der Waals surface area contributed by atoms with Crippen LogP contribution in [0, 0.1) is 0 Å². The SMILES string of the molecule is O=C(CNC(=O)OCc1ccccc1)N[C@H](Cc1ccc(OCc2ccccc2)c(OCc2ccccc2)c1)C(=O)O. The lowest BCUT2D eigenvalue weighted by molar-refractivity contribution is -0.141. The fraction of sp³-hybridized carbons (Fsp3) is 0.182. The van der Waals surface area contributed by atoms with Gasteiger partial charge in [0.25, 0.3) is 0 Å². The van der Waals surface area contributed by atoms with Gasteiger partial charge in [-0.05, 0) is 34.4 Å². The Hall–Kier alpha value is -5.31. The van der Waals surface area contributed by atoms with Crippen LogP contribution in [-0.2, 0) is 40.6 Å². The summed E-state index contributed by atoms with van der Waals surface area (Å²) in [5, 5.41) is 14.6. The van der Waals surface area contributed by atoms with Crippen LogP contribution in [0.4, 0.5) is 4.79 Å². The van der Waals surface area contributed by atoms with Crippen molar-refractivity contribution in [2.24, 2.45) is 0 Å². The van der Waals surface area contributed by atoms with Gasteiger partial charge in [0.15, 0.2) is 11.5 Å². The van der Waals surface area contributed by atoms with Crippen LogP contribution in [0.3, 0.4) is 0 Å². The van der Waals surface area contributed by atoms with Crippen molar-refractivity contribution in [3.8, 4) is 11.5 Å². The minimum Gasteiger partial charge on any atom is -0.485 e. The van der Waals surface area contributed by atoms with Gasteiger partial charge in [-0.3, -0.25) is 4.79 Å². The number of rotatable bonds is 14. The molecule has 0 aliphatic rings. The van der Waals surface area contributed by atoms with Crippen molar-refractivity contribution in [1.29, 1.82) is 0 Å². The lowest BCUT2D eigenvalue weighted by Crippen LogP contribution is -2.46. The number of carbonyl (C=O) groups is 3. The Balaban J connectivity index is 1.36. The van der Waals surface area contributed by atoms with Crippen LogP contribution >= 0.6 is 0 Å². The van der Waals surface area contributed by atoms with Crippen molar-refractivity contribution < 1.29 is 33.7 Å². The maximum absolute atomic E-state index is 12.4. The van der Waals surface area contributed by atoms with E-state index in [-0.39, 0.29) is 19.6 Å². The highest BCUT2D eigenvalue weighted by molar-refractivity contribution is 5.86. The van der Waals surface area contributed by atoms with Gasteiger partial charge < -0.3 is 30.0 Å². The number of aliphatic carboxylic acids is 1. The third-order valence-electron chi connectivity index (χ3n) is 6.16. The number of nitrogens with one attached hydrogen (secondary N) is 2. The van der Waals surface area contributed by atoms with E-state index in [1.807, 2.05) is 78.9 Å². The maximum Gasteiger partial charge on any atom is 0.407 e. The lowest BCUT2D eigenvalue weighted by atomic mass is 10.0. The van der Waals surface area contributed by atoms with E-state index in [2.05, 4.69) is 10.6 Å². The van der Waals surface area contributed by atoms with Crippen LogP contribution in [-0.4, -0.2) is 35.7 Å². The summed E-state index contributed by atoms with van der Waals surface area (Å²) in [6.45, 7) is 0.231. The van der Waals surface area contributed by atoms with Crippen molar-refractivity contribution in [1.82, 2.24) is 10.6 Å². The van der Waals surface area contributed by atoms with E-state index in [0.717, 1.165) is 16.7 Å². The zero-order valence-corrected chi connectivity index (χ0v) is 22.9. The number of benzene rings is 4. The molecular formula is C33H32N2O7. The molecule has 0 saturated carbocycles. The molecule has 4 aromatic carbocycles. The summed E-state index contributed by atoms with van der Waals surface area (Å²) in [4.78, 5) is 36.4. The summed E-state index contributed by atoms with van der Waals surface area (Å²) in [6, 6.07) is 32.4. The normalized spacial score (nSPS) is 11.1. The average Bonchev–Trinajstić information content (AvgIpc) is 3.02. The first-order valence-electron chi connectivity index (χ1n) is 13.4. The van der Waals surface area contributed by atoms with E-state index in [1.54, 1.807) is 30.3 Å². The molecule has 0 radical (unpaired) electrons. The van der Waals surface area contributed by atoms with Gasteiger partial charge >= 0.3 is 12.1 Å². The zero-order chi connectivity index (χ0) is 29.6. The highest BCUT2D eigenvalue weighted by Gasteiger charge is 2.22. The molecule has 0 aromatic heterocycles. The number of amides is 2. The van der Waals surface area contributed by atoms with Gasteiger partial charge in [-0.2, -0.15) is 0 Å². The van der Waals surface area contributed by atoms with Crippen molar-refractivity contribution in [3.63, 3.8) is 0 Å². The molecule has 3 N–H and O–H groups in total. The molecule has 0 unspecified atom stereocenters. The summed E-state index contributed by atoms with van der Waals surface area (Å²) in [6.07, 6.45) is -0.799. The summed E-state index contributed by atoms with van der Waals surface area (Å²) in [7, 11) is 0. The molecule has 2 amide bonds. The van der Waals surface area contributed by atoms with E-state index in [9.17, 15) is 19.5 Å². The van der Waals surface area contributed by atoms with Crippen molar-refractivity contribution in [2.45, 2.75) is 32.3 Å². The molecule has 216 valence electrons. The molecule has 0 aliphatic carbocycles. The first-order valence-corrected chi connectivity index (χ1v) is 13.4. The monoisotopic (exact) mass is 568 g/mol. The van der Waals surface area contributed by atoms with Gasteiger partial charge in [0.05, 0.1) is 0 Å². The quantitative estimate of drug-likeness (QED) is 0.198. The molecule has 9 heteroatoms. The standard InChI is InChI=1S/C33H32N2O7/c36-31(20-34-33(39)42-23-26-14-8-3-9-15-26)35-28(32(37)38)18-27-16-17-29(40-21-24-10-4-1-5-11-24)30(19-27)41-22-25-12-6-2-7-13-25/h1-17,19,28H,18,20-23H2,(H,34,39)(H,35,36)(H,37,38)/t28-/m1/s1. The summed E-state index contributed by atoms with van der Waals surface area (Å²) in [5.74, 6) is -0.924. The maximum atomic E-state index is 12.4. The second-order valence-corrected chi connectivity index (χ2v) is 9.41. The molecular weight excluding hydrogens is 536 g/mol. The predicted octanol–water partition coefficient (Wildman–Crippen LogP) is 4.88. The largest absolute Gasteiger partial charge is 0.485 e. The Morgan fingerprint density at radius 2 is 1.17 bits per heavy atom. The Labute approximate surface area is 244 Å². The van der Waals surface area contributed by atoms with Crippen LogP contribution in [0.2, 0.25) is 0 Å². The minimum absolute atomic E-state index is 0.0137. The summed E-state index contributed by atoms with van der Waals surface area (Å²) in [5.41, 5.74) is 3.36. The highest BCUT2D eigenvalue weighted by atomic mass is 16.5.